The predicted molar refractivity (Wildman–Crippen MR) is 175 cm³/mol. The molecule has 0 aromatic heterocycles. The van der Waals surface area contributed by atoms with Crippen LogP contribution in [0, 0.1) is 0 Å². The monoisotopic (exact) mass is 689 g/mol. The second-order valence-corrected chi connectivity index (χ2v) is 14.1. The molecule has 10 nitrogen and oxygen atoms in total. The molecule has 3 aromatic carbocycles. The lowest BCUT2D eigenvalue weighted by Crippen LogP contribution is -2.58. The van der Waals surface area contributed by atoms with Crippen LogP contribution in [0.4, 0.5) is 0 Å². The Balaban J connectivity index is 1.39. The first-order valence-corrected chi connectivity index (χ1v) is 17.7. The molecule has 1 unspecified atom stereocenters. The van der Waals surface area contributed by atoms with Gasteiger partial charge in [-0.05, 0) is 59.9 Å². The van der Waals surface area contributed by atoms with E-state index < -0.39 is 34.1 Å². The molecule has 0 saturated heterocycles. The molecule has 13 heteroatoms. The molecule has 1 fully saturated rings. The highest BCUT2D eigenvalue weighted by atomic mass is 35.5. The Kier molecular flexibility index (Phi) is 11.4. The first-order chi connectivity index (χ1) is 22.1. The Morgan fingerprint density at radius 3 is 2.46 bits per heavy atom. The second kappa shape index (κ2) is 15.2. The van der Waals surface area contributed by atoms with Gasteiger partial charge in [-0.1, -0.05) is 72.4 Å². The molecule has 4 atom stereocenters. The minimum Gasteiger partial charge on any atom is -0.465 e. The maximum atomic E-state index is 14.3. The van der Waals surface area contributed by atoms with Crippen LogP contribution in [-0.4, -0.2) is 64.0 Å². The van der Waals surface area contributed by atoms with Crippen LogP contribution in [0.2, 0.25) is 10.0 Å². The Bertz CT molecular complexity index is 1660. The van der Waals surface area contributed by atoms with Crippen molar-refractivity contribution in [2.75, 3.05) is 26.7 Å². The summed E-state index contributed by atoms with van der Waals surface area (Å²) in [5, 5.41) is 0.869. The molecule has 1 aliphatic carbocycles. The Morgan fingerprint density at radius 2 is 1.74 bits per heavy atom. The molecule has 0 radical (unpaired) electrons. The van der Waals surface area contributed by atoms with E-state index in [4.69, 9.17) is 37.5 Å². The van der Waals surface area contributed by atoms with Crippen LogP contribution in [0.5, 0.6) is 0 Å². The largest absolute Gasteiger partial charge is 0.465 e. The third kappa shape index (κ3) is 8.09. The fourth-order valence-corrected chi connectivity index (χ4v) is 7.75. The molecule has 1 heterocycles. The van der Waals surface area contributed by atoms with Gasteiger partial charge < -0.3 is 14.4 Å². The molecule has 5 rings (SSSR count). The molecule has 0 bridgehead atoms. The van der Waals surface area contributed by atoms with Crippen molar-refractivity contribution in [1.82, 2.24) is 15.1 Å². The summed E-state index contributed by atoms with van der Waals surface area (Å²) in [6.45, 7) is 0.486. The number of nitrogens with zero attached hydrogens (tertiary/aromatic N) is 1. The number of sulfonamides is 1. The van der Waals surface area contributed by atoms with Crippen molar-refractivity contribution in [1.29, 1.82) is 0 Å². The number of amides is 1. The van der Waals surface area contributed by atoms with E-state index in [1.165, 1.54) is 7.11 Å². The average Bonchev–Trinajstić information content (AvgIpc) is 3.03. The Labute approximate surface area is 279 Å². The van der Waals surface area contributed by atoms with E-state index in [0.717, 1.165) is 30.2 Å². The molecule has 2 aliphatic rings. The third-order valence-corrected chi connectivity index (χ3v) is 9.71. The number of benzene rings is 3. The summed E-state index contributed by atoms with van der Waals surface area (Å²) in [6.07, 6.45) is 4.09. The van der Waals surface area contributed by atoms with Crippen LogP contribution in [0.15, 0.2) is 66.7 Å². The van der Waals surface area contributed by atoms with Crippen LogP contribution in [0.1, 0.15) is 75.0 Å². The molecular formula is C33H37Cl2N3O7S. The molecule has 1 aliphatic heterocycles. The lowest BCUT2D eigenvalue weighted by Gasteiger charge is -2.49. The van der Waals surface area contributed by atoms with E-state index in [1.807, 2.05) is 29.2 Å². The van der Waals surface area contributed by atoms with Gasteiger partial charge in [0.2, 0.25) is 10.0 Å². The average molecular weight is 691 g/mol. The lowest BCUT2D eigenvalue weighted by atomic mass is 9.77. The first-order valence-electron chi connectivity index (χ1n) is 15.0. The number of hydrogen-bond acceptors (Lipinski definition) is 8. The number of carbonyl (C=O) groups excluding carboxylic acids is 2. The van der Waals surface area contributed by atoms with Crippen LogP contribution < -0.4 is 10.2 Å². The fourth-order valence-electron chi connectivity index (χ4n) is 6.41. The van der Waals surface area contributed by atoms with E-state index in [9.17, 15) is 18.0 Å². The lowest BCUT2D eigenvalue weighted by molar-refractivity contribution is -0.0505. The molecule has 246 valence electrons. The topological polar surface area (TPSA) is 123 Å². The zero-order chi connectivity index (χ0) is 32.8. The van der Waals surface area contributed by atoms with Crippen molar-refractivity contribution in [3.63, 3.8) is 0 Å². The summed E-state index contributed by atoms with van der Waals surface area (Å²) in [6, 6.07) is 18.1. The number of ether oxygens (including phenoxy) is 2. The maximum absolute atomic E-state index is 14.3. The van der Waals surface area contributed by atoms with Gasteiger partial charge in [-0.3, -0.25) is 9.63 Å². The summed E-state index contributed by atoms with van der Waals surface area (Å²) in [4.78, 5) is 33.4. The highest BCUT2D eigenvalue weighted by Crippen LogP contribution is 2.47. The highest BCUT2D eigenvalue weighted by Gasteiger charge is 2.47. The van der Waals surface area contributed by atoms with Gasteiger partial charge in [-0.15, -0.1) is 0 Å². The van der Waals surface area contributed by atoms with E-state index in [0.29, 0.717) is 39.6 Å². The zero-order valence-corrected chi connectivity index (χ0v) is 27.9. The Morgan fingerprint density at radius 1 is 1.00 bits per heavy atom. The van der Waals surface area contributed by atoms with Crippen LogP contribution in [0.3, 0.4) is 0 Å². The highest BCUT2D eigenvalue weighted by molar-refractivity contribution is 7.88. The molecule has 0 spiro atoms. The van der Waals surface area contributed by atoms with Gasteiger partial charge in [-0.2, -0.15) is 5.48 Å². The predicted octanol–water partition coefficient (Wildman–Crippen LogP) is 5.62. The quantitative estimate of drug-likeness (QED) is 0.109. The number of halogens is 2. The number of hydrogen-bond donors (Lipinski definition) is 2. The molecular weight excluding hydrogens is 653 g/mol. The smallest absolute Gasteiger partial charge is 0.337 e. The van der Waals surface area contributed by atoms with E-state index in [-0.39, 0.29) is 31.8 Å². The van der Waals surface area contributed by atoms with Gasteiger partial charge in [0, 0.05) is 33.6 Å². The molecule has 1 amide bonds. The SMILES string of the molecule is COC(=O)c1ccc(CONCOC[C@@H]2c3ccccc3C(=O)N([C@H]3CCCCC3NS(C)(=O)=O)[C@H]2c2ccc(Cl)cc2Cl)cc1. The fraction of sp³-hybridized carbons (Fsp3) is 0.394. The van der Waals surface area contributed by atoms with Gasteiger partial charge in [0.05, 0.1) is 38.2 Å². The number of methoxy groups -OCH3 is 1. The van der Waals surface area contributed by atoms with Gasteiger partial charge >= 0.3 is 5.97 Å². The Hall–Kier alpha value is -3.03. The minimum atomic E-state index is -3.53. The summed E-state index contributed by atoms with van der Waals surface area (Å²) in [5.74, 6) is -0.941. The van der Waals surface area contributed by atoms with Crippen LogP contribution in [-0.2, 0) is 30.9 Å². The first kappa shape index (κ1) is 34.3. The van der Waals surface area contributed by atoms with Crippen LogP contribution in [0.25, 0.3) is 0 Å². The van der Waals surface area contributed by atoms with Gasteiger partial charge in [0.25, 0.3) is 5.91 Å². The molecule has 1 saturated carbocycles. The number of fused-ring (bicyclic) bond motifs is 1. The van der Waals surface area contributed by atoms with Gasteiger partial charge in [-0.25, -0.2) is 17.9 Å². The van der Waals surface area contributed by atoms with Crippen molar-refractivity contribution in [3.8, 4) is 0 Å². The third-order valence-electron chi connectivity index (χ3n) is 8.41. The number of esters is 1. The van der Waals surface area contributed by atoms with Crippen molar-refractivity contribution in [2.24, 2.45) is 0 Å². The van der Waals surface area contributed by atoms with E-state index in [1.54, 1.807) is 42.5 Å². The van der Waals surface area contributed by atoms with Crippen molar-refractivity contribution < 1.29 is 32.3 Å². The van der Waals surface area contributed by atoms with Crippen molar-refractivity contribution in [2.45, 2.75) is 56.3 Å². The van der Waals surface area contributed by atoms with Crippen molar-refractivity contribution >= 4 is 45.1 Å². The maximum Gasteiger partial charge on any atom is 0.337 e. The molecule has 2 N–H and O–H groups in total. The summed E-state index contributed by atoms with van der Waals surface area (Å²) in [7, 11) is -2.20. The van der Waals surface area contributed by atoms with Crippen LogP contribution >= 0.6 is 23.2 Å². The van der Waals surface area contributed by atoms with Gasteiger partial charge in [0.1, 0.15) is 6.73 Å². The van der Waals surface area contributed by atoms with E-state index >= 15 is 0 Å². The molecule has 46 heavy (non-hydrogen) atoms. The van der Waals surface area contributed by atoms with Gasteiger partial charge in [0.15, 0.2) is 0 Å². The number of rotatable bonds is 12. The normalized spacial score (nSPS) is 21.6. The number of carbonyl (C=O) groups is 2. The van der Waals surface area contributed by atoms with E-state index in [2.05, 4.69) is 10.2 Å². The summed E-state index contributed by atoms with van der Waals surface area (Å²) >= 11 is 13.1. The number of hydroxylamine groups is 1. The molecule has 3 aromatic rings. The summed E-state index contributed by atoms with van der Waals surface area (Å²) in [5.41, 5.74) is 6.17. The van der Waals surface area contributed by atoms with Crippen molar-refractivity contribution in [3.05, 3.63) is 105 Å². The number of nitrogens with one attached hydrogen (secondary N) is 2. The second-order valence-electron chi connectivity index (χ2n) is 11.5. The zero-order valence-electron chi connectivity index (χ0n) is 25.6. The standard InChI is InChI=1S/C33H37Cl2N3O7S/c1-43-33(40)22-13-11-21(12-14-22)18-45-36-20-44-19-27-24-7-3-4-8-25(24)32(39)38(31(27)26-16-15-23(34)17-28(26)35)30-10-6-5-9-29(30)37-46(2,41)42/h3-4,7-8,11-17,27,29-31,36-37H,5-6,9-10,18-20H2,1-2H3/t27-,29?,30+,31+/m1/s1. The minimum absolute atomic E-state index is 0.0512. The summed E-state index contributed by atoms with van der Waals surface area (Å²) < 4.78 is 38.4.